The van der Waals surface area contributed by atoms with E-state index in [2.05, 4.69) is 15.6 Å². The van der Waals surface area contributed by atoms with Gasteiger partial charge in [0.15, 0.2) is 11.9 Å². The second kappa shape index (κ2) is 16.2. The molecule has 0 bridgehead atoms. The number of benzene rings is 2. The van der Waals surface area contributed by atoms with E-state index in [4.69, 9.17) is 29.7 Å². The van der Waals surface area contributed by atoms with Crippen LogP contribution in [-0.2, 0) is 43.6 Å². The third-order valence-corrected chi connectivity index (χ3v) is 7.98. The number of aliphatic carboxylic acids is 1. The van der Waals surface area contributed by atoms with Crippen molar-refractivity contribution < 1.29 is 58.9 Å². The minimum Gasteiger partial charge on any atom is -0.479 e. The highest BCUT2D eigenvalue weighted by Gasteiger charge is 2.48. The number of fused-ring (bicyclic) bond motifs is 3. The molecule has 0 saturated carbocycles. The summed E-state index contributed by atoms with van der Waals surface area (Å²) in [5, 5.41) is 56.7. The van der Waals surface area contributed by atoms with Gasteiger partial charge in [0.1, 0.15) is 48.6 Å². The van der Waals surface area contributed by atoms with Gasteiger partial charge < -0.3 is 60.1 Å². The summed E-state index contributed by atoms with van der Waals surface area (Å²) in [6.07, 6.45) is -10.3. The first-order chi connectivity index (χ1) is 24.7. The zero-order valence-corrected chi connectivity index (χ0v) is 28.7. The number of hydrogen-bond donors (Lipinski definition) is 8. The Morgan fingerprint density at radius 3 is 2.46 bits per heavy atom. The van der Waals surface area contributed by atoms with Gasteiger partial charge in [-0.1, -0.05) is 24.3 Å². The Balaban J connectivity index is 1.39. The lowest BCUT2D eigenvalue weighted by Crippen LogP contribution is -2.61. The summed E-state index contributed by atoms with van der Waals surface area (Å²) in [6, 6.07) is 11.5. The van der Waals surface area contributed by atoms with Crippen LogP contribution >= 0.6 is 0 Å². The number of carboxylic acid groups (broad SMARTS) is 1. The van der Waals surface area contributed by atoms with Gasteiger partial charge in [0, 0.05) is 25.0 Å². The topological polar surface area (TPSA) is 270 Å². The van der Waals surface area contributed by atoms with Crippen LogP contribution in [0.1, 0.15) is 38.6 Å². The van der Waals surface area contributed by atoms with Gasteiger partial charge in [0.05, 0.1) is 28.9 Å². The van der Waals surface area contributed by atoms with Crippen LogP contribution in [0.25, 0.3) is 21.9 Å². The molecule has 0 unspecified atom stereocenters. The molecule has 1 aliphatic rings. The highest BCUT2D eigenvalue weighted by molar-refractivity contribution is 6.09. The first kappa shape index (κ1) is 38.3. The summed E-state index contributed by atoms with van der Waals surface area (Å²) in [5.41, 5.74) is 6.36. The van der Waals surface area contributed by atoms with E-state index in [1.807, 2.05) is 23.6 Å². The number of anilines is 2. The molecular weight excluding hydrogens is 684 g/mol. The molecule has 52 heavy (non-hydrogen) atoms. The molecule has 0 spiro atoms. The van der Waals surface area contributed by atoms with Crippen molar-refractivity contribution in [3.05, 3.63) is 53.9 Å². The summed E-state index contributed by atoms with van der Waals surface area (Å²) in [5.74, 6) is -1.56. The lowest BCUT2D eigenvalue weighted by molar-refractivity contribution is -0.271. The summed E-state index contributed by atoms with van der Waals surface area (Å²) >= 11 is 0. The fraction of sp³-hybridized carbons (Fsp3) is 0.441. The van der Waals surface area contributed by atoms with Crippen LogP contribution in [0.4, 0.5) is 16.3 Å². The van der Waals surface area contributed by atoms with E-state index in [0.717, 1.165) is 5.39 Å². The maximum absolute atomic E-state index is 13.2. The number of ether oxygens (including phenoxy) is 4. The normalized spacial score (nSPS) is 20.5. The fourth-order valence-electron chi connectivity index (χ4n) is 5.60. The van der Waals surface area contributed by atoms with E-state index in [1.165, 1.54) is 18.2 Å². The van der Waals surface area contributed by atoms with Crippen LogP contribution in [0.15, 0.2) is 42.5 Å². The number of aliphatic hydroxyl groups excluding tert-OH is 3. The largest absolute Gasteiger partial charge is 0.479 e. The van der Waals surface area contributed by atoms with E-state index in [-0.39, 0.29) is 50.0 Å². The van der Waals surface area contributed by atoms with E-state index in [1.54, 1.807) is 26.0 Å². The Morgan fingerprint density at radius 2 is 1.77 bits per heavy atom. The molecular formula is C34H42N6O12. The molecule has 9 N–H and O–H groups in total. The average Bonchev–Trinajstić information content (AvgIpc) is 3.44. The number of hydrogen-bond acceptors (Lipinski definition) is 14. The lowest BCUT2D eigenvalue weighted by Gasteiger charge is -2.38. The van der Waals surface area contributed by atoms with Gasteiger partial charge in [-0.3, -0.25) is 10.1 Å². The van der Waals surface area contributed by atoms with Crippen molar-refractivity contribution in [1.29, 1.82) is 0 Å². The van der Waals surface area contributed by atoms with Crippen LogP contribution in [0.5, 0.6) is 5.75 Å². The number of carboxylic acids is 1. The van der Waals surface area contributed by atoms with Crippen LogP contribution in [0.3, 0.4) is 0 Å². The number of carbonyl (C=O) groups excluding carboxylic acids is 2. The lowest BCUT2D eigenvalue weighted by atomic mass is 9.99. The summed E-state index contributed by atoms with van der Waals surface area (Å²) in [7, 11) is 0. The van der Waals surface area contributed by atoms with Gasteiger partial charge >= 0.3 is 12.1 Å². The molecule has 0 radical (unpaired) electrons. The van der Waals surface area contributed by atoms with Crippen molar-refractivity contribution >= 4 is 51.4 Å². The van der Waals surface area contributed by atoms with Crippen LogP contribution in [0, 0.1) is 0 Å². The second-order valence-electron chi connectivity index (χ2n) is 12.7. The van der Waals surface area contributed by atoms with Crippen LogP contribution < -0.4 is 21.1 Å². The molecule has 1 fully saturated rings. The van der Waals surface area contributed by atoms with Gasteiger partial charge in [0.2, 0.25) is 12.2 Å². The molecule has 2 aromatic carbocycles. The number of nitrogens with two attached hydrogens (primary N) is 1. The zero-order valence-electron chi connectivity index (χ0n) is 28.7. The average molecular weight is 727 g/mol. The van der Waals surface area contributed by atoms with E-state index >= 15 is 0 Å². The molecule has 1 aliphatic heterocycles. The van der Waals surface area contributed by atoms with Gasteiger partial charge in [-0.2, -0.15) is 0 Å². The maximum atomic E-state index is 13.2. The molecule has 280 valence electrons. The second-order valence-corrected chi connectivity index (χ2v) is 12.7. The van der Waals surface area contributed by atoms with Crippen molar-refractivity contribution in [2.45, 2.75) is 83.3 Å². The Labute approximate surface area is 297 Å². The Kier molecular flexibility index (Phi) is 11.9. The number of nitrogens with zero attached hydrogens (tertiary/aromatic N) is 3. The van der Waals surface area contributed by atoms with Crippen molar-refractivity contribution in [3.63, 3.8) is 0 Å². The number of amides is 2. The molecule has 1 saturated heterocycles. The van der Waals surface area contributed by atoms with Crippen LogP contribution in [-0.4, -0.2) is 107 Å². The number of imidazole rings is 1. The fourth-order valence-corrected chi connectivity index (χ4v) is 5.60. The number of nitrogens with one attached hydrogen (secondary N) is 2. The van der Waals surface area contributed by atoms with Crippen molar-refractivity contribution in [2.24, 2.45) is 5.73 Å². The molecule has 0 aliphatic carbocycles. The van der Waals surface area contributed by atoms with Gasteiger partial charge in [0.25, 0.3) is 0 Å². The van der Waals surface area contributed by atoms with Gasteiger partial charge in [-0.05, 0) is 44.5 Å². The quantitative estimate of drug-likeness (QED) is 0.0907. The summed E-state index contributed by atoms with van der Waals surface area (Å²) in [4.78, 5) is 46.6. The molecule has 4 aromatic rings. The molecule has 3 heterocycles. The molecule has 2 amide bonds. The van der Waals surface area contributed by atoms with Crippen molar-refractivity contribution in [2.75, 3.05) is 23.8 Å². The van der Waals surface area contributed by atoms with Crippen molar-refractivity contribution in [3.8, 4) is 5.75 Å². The van der Waals surface area contributed by atoms with Crippen molar-refractivity contribution in [1.82, 2.24) is 14.5 Å². The number of aromatic nitrogens is 3. The SMILES string of the molecule is CCOCc1nc2c(NC(=O)OCc3ccc(O[C@@H]4O[C@H](C(=O)O)[C@@H](O)[C@H](O)[C@H]4O)c(NC(=O)CCN)c3)nc3ccccc3c2n1CC(C)(C)O. The number of rotatable bonds is 14. The van der Waals surface area contributed by atoms with E-state index in [9.17, 15) is 39.9 Å². The van der Waals surface area contributed by atoms with E-state index in [0.29, 0.717) is 34.5 Å². The zero-order chi connectivity index (χ0) is 37.7. The Bertz CT molecular complexity index is 1930. The third-order valence-electron chi connectivity index (χ3n) is 7.98. The minimum atomic E-state index is -1.93. The Morgan fingerprint density at radius 1 is 1.02 bits per heavy atom. The third kappa shape index (κ3) is 8.73. The highest BCUT2D eigenvalue weighted by Crippen LogP contribution is 2.33. The Hall–Kier alpha value is -4.95. The monoisotopic (exact) mass is 726 g/mol. The molecule has 18 heteroatoms. The van der Waals surface area contributed by atoms with Gasteiger partial charge in [-0.25, -0.2) is 19.6 Å². The number of carbonyl (C=O) groups is 3. The smallest absolute Gasteiger partial charge is 0.413 e. The number of para-hydroxylation sites is 1. The molecule has 18 nitrogen and oxygen atoms in total. The highest BCUT2D eigenvalue weighted by atomic mass is 16.7. The molecule has 5 rings (SSSR count). The first-order valence-corrected chi connectivity index (χ1v) is 16.4. The predicted molar refractivity (Wildman–Crippen MR) is 184 cm³/mol. The minimum absolute atomic E-state index is 0.0268. The first-order valence-electron chi connectivity index (χ1n) is 16.4. The number of aliphatic hydroxyl groups is 4. The van der Waals surface area contributed by atoms with E-state index < -0.39 is 54.3 Å². The standard InChI is InChI=1S/C34H42N6O12/c1-4-49-15-22-38-24-25(40(22)16-34(2,3)48)18-7-5-6-8-19(18)37-30(24)39-33(47)50-14-17-9-10-21(20(13-17)36-23(41)11-12-35)51-32-28(44)26(42)27(43)29(52-32)31(45)46/h5-10,13,26-29,32,42-44,48H,4,11-12,14-16,35H2,1-3H3,(H,36,41)(H,45,46)(H,37,39,47)/t26-,27-,28+,29-,32+/m0/s1. The maximum Gasteiger partial charge on any atom is 0.413 e. The summed E-state index contributed by atoms with van der Waals surface area (Å²) in [6.45, 7) is 5.69. The summed E-state index contributed by atoms with van der Waals surface area (Å²) < 4.78 is 23.9. The molecule has 5 atom stereocenters. The number of pyridine rings is 1. The van der Waals surface area contributed by atoms with Gasteiger partial charge in [-0.15, -0.1) is 0 Å². The predicted octanol–water partition coefficient (Wildman–Crippen LogP) is 1.20. The molecule has 2 aromatic heterocycles. The van der Waals surface area contributed by atoms with Crippen LogP contribution in [0.2, 0.25) is 0 Å².